The first-order chi connectivity index (χ1) is 13.0. The summed E-state index contributed by atoms with van der Waals surface area (Å²) in [5.74, 6) is 1.90. The monoisotopic (exact) mass is 517 g/mol. The Morgan fingerprint density at radius 3 is 2.39 bits per heavy atom. The molecule has 0 aliphatic heterocycles. The van der Waals surface area contributed by atoms with Crippen LogP contribution in [0.1, 0.15) is 50.8 Å². The van der Waals surface area contributed by atoms with Crippen molar-refractivity contribution in [2.75, 3.05) is 19.6 Å². The van der Waals surface area contributed by atoms with Gasteiger partial charge in [-0.15, -0.1) is 24.0 Å². The first-order valence-electron chi connectivity index (χ1n) is 9.48. The van der Waals surface area contributed by atoms with Crippen LogP contribution in [0.2, 0.25) is 0 Å². The summed E-state index contributed by atoms with van der Waals surface area (Å²) in [6.07, 6.45) is -0.478. The number of aliphatic imine (C=N–C) groups is 1. The van der Waals surface area contributed by atoms with E-state index in [1.807, 2.05) is 45.0 Å². The maximum Gasteiger partial charge on any atom is 0.191 e. The third kappa shape index (κ3) is 8.36. The van der Waals surface area contributed by atoms with Crippen molar-refractivity contribution in [2.24, 2.45) is 4.99 Å². The van der Waals surface area contributed by atoms with Gasteiger partial charge in [0, 0.05) is 25.6 Å². The maximum atomic E-state index is 10.5. The van der Waals surface area contributed by atoms with Gasteiger partial charge < -0.3 is 20.5 Å². The van der Waals surface area contributed by atoms with Crippen LogP contribution in [0.4, 0.5) is 0 Å². The van der Waals surface area contributed by atoms with Crippen molar-refractivity contribution in [1.29, 1.82) is 0 Å². The molecule has 7 heteroatoms. The van der Waals surface area contributed by atoms with Gasteiger partial charge in [-0.2, -0.15) is 11.3 Å². The molecule has 156 valence electrons. The molecule has 2 atom stereocenters. The fraction of sp³-hybridized carbons (Fsp3) is 0.476. The first-order valence-corrected chi connectivity index (χ1v) is 10.4. The number of hydrogen-bond donors (Lipinski definition) is 3. The summed E-state index contributed by atoms with van der Waals surface area (Å²) in [4.78, 5) is 4.65. The van der Waals surface area contributed by atoms with Gasteiger partial charge in [0.15, 0.2) is 5.96 Å². The summed E-state index contributed by atoms with van der Waals surface area (Å²) in [6, 6.07) is 9.71. The molecule has 1 aromatic carbocycles. The number of thiophene rings is 1. The van der Waals surface area contributed by atoms with Crippen molar-refractivity contribution in [3.05, 3.63) is 52.2 Å². The molecule has 2 unspecified atom stereocenters. The number of ether oxygens (including phenoxy) is 1. The Morgan fingerprint density at radius 1 is 1.11 bits per heavy atom. The summed E-state index contributed by atoms with van der Waals surface area (Å²) in [5, 5.41) is 21.2. The van der Waals surface area contributed by atoms with Crippen molar-refractivity contribution in [2.45, 2.75) is 45.8 Å². The summed E-state index contributed by atoms with van der Waals surface area (Å²) >= 11 is 1.71. The quantitative estimate of drug-likeness (QED) is 0.260. The molecule has 1 heterocycles. The highest BCUT2D eigenvalue weighted by Crippen LogP contribution is 2.19. The highest BCUT2D eigenvalue weighted by Gasteiger charge is 2.10. The molecule has 1 aromatic heterocycles. The number of hydrogen-bond acceptors (Lipinski definition) is 4. The lowest BCUT2D eigenvalue weighted by Crippen LogP contribution is -2.39. The van der Waals surface area contributed by atoms with Crippen LogP contribution in [0, 0.1) is 0 Å². The van der Waals surface area contributed by atoms with E-state index in [0.717, 1.165) is 23.8 Å². The second kappa shape index (κ2) is 13.0. The van der Waals surface area contributed by atoms with Crippen LogP contribution in [0.3, 0.4) is 0 Å². The molecule has 0 aliphatic carbocycles. The SMILES string of the molecule is CCNC(=NCC(C)c1ccsc1)NCC(O)c1ccc(OC(C)C)cc1.I. The van der Waals surface area contributed by atoms with Crippen molar-refractivity contribution >= 4 is 41.3 Å². The third-order valence-corrected chi connectivity index (χ3v) is 4.78. The molecule has 2 aromatic rings. The number of halogens is 1. The van der Waals surface area contributed by atoms with Gasteiger partial charge in [-0.25, -0.2) is 0 Å². The number of nitrogens with zero attached hydrogens (tertiary/aromatic N) is 1. The molecule has 0 radical (unpaired) electrons. The predicted octanol–water partition coefficient (Wildman–Crippen LogP) is 4.55. The Kier molecular flexibility index (Phi) is 11.5. The van der Waals surface area contributed by atoms with Gasteiger partial charge in [0.05, 0.1) is 12.2 Å². The molecule has 3 N–H and O–H groups in total. The van der Waals surface area contributed by atoms with Gasteiger partial charge in [-0.05, 0) is 60.9 Å². The van der Waals surface area contributed by atoms with E-state index in [2.05, 4.69) is 39.4 Å². The van der Waals surface area contributed by atoms with E-state index in [9.17, 15) is 5.11 Å². The van der Waals surface area contributed by atoms with Crippen LogP contribution in [0.15, 0.2) is 46.1 Å². The smallest absolute Gasteiger partial charge is 0.191 e. The average molecular weight is 517 g/mol. The topological polar surface area (TPSA) is 65.9 Å². The van der Waals surface area contributed by atoms with Gasteiger partial charge in [0.25, 0.3) is 0 Å². The first kappa shape index (κ1) is 24.7. The largest absolute Gasteiger partial charge is 0.491 e. The minimum absolute atomic E-state index is 0. The highest BCUT2D eigenvalue weighted by molar-refractivity contribution is 14.0. The van der Waals surface area contributed by atoms with Gasteiger partial charge in [0.2, 0.25) is 0 Å². The van der Waals surface area contributed by atoms with E-state index in [-0.39, 0.29) is 30.1 Å². The molecule has 0 bridgehead atoms. The molecule has 0 aliphatic rings. The van der Waals surface area contributed by atoms with Crippen molar-refractivity contribution in [3.63, 3.8) is 0 Å². The van der Waals surface area contributed by atoms with Gasteiger partial charge in [-0.1, -0.05) is 19.1 Å². The second-order valence-electron chi connectivity index (χ2n) is 6.81. The molecular weight excluding hydrogens is 485 g/mol. The predicted molar refractivity (Wildman–Crippen MR) is 129 cm³/mol. The lowest BCUT2D eigenvalue weighted by Gasteiger charge is -2.17. The van der Waals surface area contributed by atoms with Gasteiger partial charge in [0.1, 0.15) is 5.75 Å². The molecule has 5 nitrogen and oxygen atoms in total. The number of aliphatic hydroxyl groups is 1. The zero-order valence-electron chi connectivity index (χ0n) is 17.0. The third-order valence-electron chi connectivity index (χ3n) is 4.08. The molecule has 0 saturated carbocycles. The van der Waals surface area contributed by atoms with E-state index in [4.69, 9.17) is 4.74 Å². The molecular formula is C21H32IN3O2S. The van der Waals surface area contributed by atoms with Gasteiger partial charge >= 0.3 is 0 Å². The van der Waals surface area contributed by atoms with E-state index in [1.54, 1.807) is 11.3 Å². The molecule has 2 rings (SSSR count). The van der Waals surface area contributed by atoms with E-state index in [1.165, 1.54) is 5.56 Å². The van der Waals surface area contributed by atoms with Crippen LogP contribution >= 0.6 is 35.3 Å². The number of aliphatic hydroxyl groups excluding tert-OH is 1. The van der Waals surface area contributed by atoms with Crippen molar-refractivity contribution < 1.29 is 9.84 Å². The maximum absolute atomic E-state index is 10.5. The van der Waals surface area contributed by atoms with Crippen LogP contribution in [-0.2, 0) is 0 Å². The van der Waals surface area contributed by atoms with Crippen LogP contribution in [-0.4, -0.2) is 36.8 Å². The number of guanidine groups is 1. The number of rotatable bonds is 9. The fourth-order valence-corrected chi connectivity index (χ4v) is 3.36. The minimum atomic E-state index is -0.615. The van der Waals surface area contributed by atoms with Crippen LogP contribution in [0.5, 0.6) is 5.75 Å². The van der Waals surface area contributed by atoms with E-state index >= 15 is 0 Å². The lowest BCUT2D eigenvalue weighted by atomic mass is 10.1. The Bertz CT molecular complexity index is 690. The highest BCUT2D eigenvalue weighted by atomic mass is 127. The standard InChI is InChI=1S/C21H31N3O2S.HI/c1-5-22-21(23-12-16(4)18-10-11-27-14-18)24-13-20(25)17-6-8-19(9-7-17)26-15(2)3;/h6-11,14-16,20,25H,5,12-13H2,1-4H3,(H2,22,23,24);1H. The van der Waals surface area contributed by atoms with Crippen LogP contribution in [0.25, 0.3) is 0 Å². The zero-order valence-corrected chi connectivity index (χ0v) is 20.2. The minimum Gasteiger partial charge on any atom is -0.491 e. The Balaban J connectivity index is 0.00000392. The molecule has 0 saturated heterocycles. The van der Waals surface area contributed by atoms with E-state index in [0.29, 0.717) is 19.0 Å². The Morgan fingerprint density at radius 2 is 1.82 bits per heavy atom. The molecule has 0 fully saturated rings. The van der Waals surface area contributed by atoms with Crippen molar-refractivity contribution in [1.82, 2.24) is 10.6 Å². The van der Waals surface area contributed by atoms with E-state index < -0.39 is 6.10 Å². The summed E-state index contributed by atoms with van der Waals surface area (Å²) in [7, 11) is 0. The summed E-state index contributed by atoms with van der Waals surface area (Å²) < 4.78 is 5.64. The lowest BCUT2D eigenvalue weighted by molar-refractivity contribution is 0.180. The zero-order chi connectivity index (χ0) is 19.6. The Labute approximate surface area is 189 Å². The average Bonchev–Trinajstić information content (AvgIpc) is 3.18. The van der Waals surface area contributed by atoms with Gasteiger partial charge in [-0.3, -0.25) is 4.99 Å². The van der Waals surface area contributed by atoms with Crippen LogP contribution < -0.4 is 15.4 Å². The number of nitrogens with one attached hydrogen (secondary N) is 2. The fourth-order valence-electron chi connectivity index (χ4n) is 2.58. The van der Waals surface area contributed by atoms with Crippen molar-refractivity contribution in [3.8, 4) is 5.75 Å². The summed E-state index contributed by atoms with van der Waals surface area (Å²) in [5.41, 5.74) is 2.16. The summed E-state index contributed by atoms with van der Waals surface area (Å²) in [6.45, 7) is 10.1. The Hall–Kier alpha value is -1.32. The normalized spacial score (nSPS) is 13.6. The molecule has 0 amide bonds. The second-order valence-corrected chi connectivity index (χ2v) is 7.59. The molecule has 28 heavy (non-hydrogen) atoms. The number of benzene rings is 1. The molecule has 0 spiro atoms.